The molecule has 1 aromatic carbocycles. The van der Waals surface area contributed by atoms with Gasteiger partial charge in [-0.1, -0.05) is 12.1 Å². The van der Waals surface area contributed by atoms with Crippen LogP contribution >= 0.6 is 0 Å². The van der Waals surface area contributed by atoms with Crippen molar-refractivity contribution in [3.8, 4) is 17.1 Å². The highest BCUT2D eigenvalue weighted by molar-refractivity contribution is 5.65. The summed E-state index contributed by atoms with van der Waals surface area (Å²) in [7, 11) is 0. The van der Waals surface area contributed by atoms with E-state index >= 15 is 0 Å². The zero-order valence-corrected chi connectivity index (χ0v) is 8.20. The Kier molecular flexibility index (Phi) is 2.00. The zero-order valence-electron chi connectivity index (χ0n) is 8.20. The second-order valence-electron chi connectivity index (χ2n) is 3.39. The van der Waals surface area contributed by atoms with E-state index in [4.69, 9.17) is 0 Å². The van der Waals surface area contributed by atoms with Crippen molar-refractivity contribution in [3.05, 3.63) is 35.7 Å². The smallest absolute Gasteiger partial charge is 0.141 e. The lowest BCUT2D eigenvalue weighted by Crippen LogP contribution is -1.84. The van der Waals surface area contributed by atoms with Gasteiger partial charge >= 0.3 is 0 Å². The monoisotopic (exact) mass is 188 g/mol. The van der Waals surface area contributed by atoms with E-state index in [1.165, 1.54) is 0 Å². The zero-order chi connectivity index (χ0) is 10.1. The minimum absolute atomic E-state index is 0.293. The van der Waals surface area contributed by atoms with Crippen molar-refractivity contribution in [2.24, 2.45) is 0 Å². The van der Waals surface area contributed by atoms with Crippen molar-refractivity contribution in [3.63, 3.8) is 0 Å². The largest absolute Gasteiger partial charge is 0.507 e. The summed E-state index contributed by atoms with van der Waals surface area (Å²) in [5.41, 5.74) is 2.59. The van der Waals surface area contributed by atoms with E-state index in [0.29, 0.717) is 11.6 Å². The van der Waals surface area contributed by atoms with E-state index in [1.807, 2.05) is 32.0 Å². The lowest BCUT2D eigenvalue weighted by molar-refractivity contribution is 0.473. The average Bonchev–Trinajstić information content (AvgIpc) is 2.57. The Hall–Kier alpha value is -1.77. The lowest BCUT2D eigenvalue weighted by Gasteiger charge is -2.03. The highest BCUT2D eigenvalue weighted by Crippen LogP contribution is 2.29. The van der Waals surface area contributed by atoms with E-state index in [1.54, 1.807) is 6.20 Å². The average molecular weight is 188 g/mol. The minimum atomic E-state index is 0.293. The fourth-order valence-electron chi connectivity index (χ4n) is 1.40. The molecule has 0 spiro atoms. The maximum Gasteiger partial charge on any atom is 0.141 e. The molecule has 0 amide bonds. The molecule has 0 saturated carbocycles. The van der Waals surface area contributed by atoms with E-state index in [9.17, 15) is 5.11 Å². The molecule has 1 heterocycles. The second-order valence-corrected chi connectivity index (χ2v) is 3.39. The fourth-order valence-corrected chi connectivity index (χ4v) is 1.40. The Balaban J connectivity index is 2.57. The molecule has 0 saturated heterocycles. The SMILES string of the molecule is Cc1cnc(-c2cccc(C)c2O)[nH]1. The van der Waals surface area contributed by atoms with Crippen LogP contribution in [0.5, 0.6) is 5.75 Å². The van der Waals surface area contributed by atoms with Crippen LogP contribution in [0, 0.1) is 13.8 Å². The van der Waals surface area contributed by atoms with Gasteiger partial charge in [0.2, 0.25) is 0 Å². The summed E-state index contributed by atoms with van der Waals surface area (Å²) in [6, 6.07) is 5.62. The van der Waals surface area contributed by atoms with Crippen LogP contribution in [-0.2, 0) is 0 Å². The second kappa shape index (κ2) is 3.18. The van der Waals surface area contributed by atoms with E-state index in [-0.39, 0.29) is 0 Å². The summed E-state index contributed by atoms with van der Waals surface area (Å²) < 4.78 is 0. The van der Waals surface area contributed by atoms with E-state index in [0.717, 1.165) is 16.8 Å². The Morgan fingerprint density at radius 1 is 1.29 bits per heavy atom. The maximum atomic E-state index is 9.80. The van der Waals surface area contributed by atoms with Crippen molar-refractivity contribution in [2.45, 2.75) is 13.8 Å². The van der Waals surface area contributed by atoms with Gasteiger partial charge in [-0.2, -0.15) is 0 Å². The molecule has 2 rings (SSSR count). The molecule has 0 atom stereocenters. The Bertz CT molecular complexity index is 460. The van der Waals surface area contributed by atoms with Crippen LogP contribution in [0.1, 0.15) is 11.3 Å². The summed E-state index contributed by atoms with van der Waals surface area (Å²) in [6.07, 6.45) is 1.75. The summed E-state index contributed by atoms with van der Waals surface area (Å²) in [4.78, 5) is 7.26. The number of aryl methyl sites for hydroxylation is 2. The first-order chi connectivity index (χ1) is 6.68. The number of nitrogens with one attached hydrogen (secondary N) is 1. The van der Waals surface area contributed by atoms with Crippen molar-refractivity contribution in [1.29, 1.82) is 0 Å². The number of aromatic hydroxyl groups is 1. The van der Waals surface area contributed by atoms with Crippen LogP contribution in [0.4, 0.5) is 0 Å². The molecule has 0 fully saturated rings. The van der Waals surface area contributed by atoms with Crippen LogP contribution < -0.4 is 0 Å². The Morgan fingerprint density at radius 3 is 2.71 bits per heavy atom. The number of phenolic OH excluding ortho intramolecular Hbond substituents is 1. The number of benzene rings is 1. The first kappa shape index (κ1) is 8.81. The molecule has 0 bridgehead atoms. The lowest BCUT2D eigenvalue weighted by atomic mass is 10.1. The number of hydrogen-bond acceptors (Lipinski definition) is 2. The number of hydrogen-bond donors (Lipinski definition) is 2. The highest BCUT2D eigenvalue weighted by atomic mass is 16.3. The van der Waals surface area contributed by atoms with Crippen molar-refractivity contribution < 1.29 is 5.11 Å². The van der Waals surface area contributed by atoms with Gasteiger partial charge in [-0.25, -0.2) is 4.98 Å². The van der Waals surface area contributed by atoms with Gasteiger partial charge in [0.1, 0.15) is 11.6 Å². The van der Waals surface area contributed by atoms with Crippen LogP contribution in [0.15, 0.2) is 24.4 Å². The van der Waals surface area contributed by atoms with Gasteiger partial charge in [0.05, 0.1) is 5.56 Å². The molecule has 14 heavy (non-hydrogen) atoms. The number of nitrogens with zero attached hydrogens (tertiary/aromatic N) is 1. The number of H-pyrrole nitrogens is 1. The van der Waals surface area contributed by atoms with Crippen molar-refractivity contribution in [1.82, 2.24) is 9.97 Å². The number of phenols is 1. The molecule has 0 radical (unpaired) electrons. The van der Waals surface area contributed by atoms with Crippen molar-refractivity contribution in [2.75, 3.05) is 0 Å². The highest BCUT2D eigenvalue weighted by Gasteiger charge is 2.08. The molecular formula is C11H12N2O. The Morgan fingerprint density at radius 2 is 2.07 bits per heavy atom. The summed E-state index contributed by atoms with van der Waals surface area (Å²) in [5.74, 6) is 1.01. The molecule has 2 N–H and O–H groups in total. The molecule has 3 nitrogen and oxygen atoms in total. The van der Waals surface area contributed by atoms with E-state index < -0.39 is 0 Å². The van der Waals surface area contributed by atoms with Crippen LogP contribution in [-0.4, -0.2) is 15.1 Å². The van der Waals surface area contributed by atoms with Gasteiger partial charge in [-0.15, -0.1) is 0 Å². The number of aromatic nitrogens is 2. The predicted octanol–water partition coefficient (Wildman–Crippen LogP) is 2.40. The van der Waals surface area contributed by atoms with Gasteiger partial charge in [0.25, 0.3) is 0 Å². The molecule has 2 aromatic rings. The summed E-state index contributed by atoms with van der Waals surface area (Å²) >= 11 is 0. The van der Waals surface area contributed by atoms with Crippen LogP contribution in [0.3, 0.4) is 0 Å². The van der Waals surface area contributed by atoms with Gasteiger partial charge < -0.3 is 10.1 Å². The van der Waals surface area contributed by atoms with Gasteiger partial charge in [-0.3, -0.25) is 0 Å². The molecule has 0 aliphatic heterocycles. The summed E-state index contributed by atoms with van der Waals surface area (Å²) in [6.45, 7) is 3.80. The standard InChI is InChI=1S/C11H12N2O/c1-7-4-3-5-9(10(7)14)11-12-6-8(2)13-11/h3-6,14H,1-2H3,(H,12,13). The minimum Gasteiger partial charge on any atom is -0.507 e. The Labute approximate surface area is 82.4 Å². The number of aromatic amines is 1. The fraction of sp³-hybridized carbons (Fsp3) is 0.182. The molecule has 1 aromatic heterocycles. The molecular weight excluding hydrogens is 176 g/mol. The number of para-hydroxylation sites is 1. The third kappa shape index (κ3) is 1.37. The third-order valence-corrected chi connectivity index (χ3v) is 2.20. The normalized spacial score (nSPS) is 10.4. The molecule has 0 aliphatic rings. The molecule has 0 aliphatic carbocycles. The maximum absolute atomic E-state index is 9.80. The quantitative estimate of drug-likeness (QED) is 0.722. The van der Waals surface area contributed by atoms with Gasteiger partial charge in [0, 0.05) is 11.9 Å². The van der Waals surface area contributed by atoms with Gasteiger partial charge in [-0.05, 0) is 25.5 Å². The molecule has 0 unspecified atom stereocenters. The van der Waals surface area contributed by atoms with Gasteiger partial charge in [0.15, 0.2) is 0 Å². The topological polar surface area (TPSA) is 48.9 Å². The number of imidazole rings is 1. The number of rotatable bonds is 1. The molecule has 72 valence electrons. The summed E-state index contributed by atoms with van der Waals surface area (Å²) in [5, 5.41) is 9.80. The third-order valence-electron chi connectivity index (χ3n) is 2.20. The van der Waals surface area contributed by atoms with Crippen LogP contribution in [0.25, 0.3) is 11.4 Å². The first-order valence-corrected chi connectivity index (χ1v) is 4.49. The first-order valence-electron chi connectivity index (χ1n) is 4.49. The van der Waals surface area contributed by atoms with E-state index in [2.05, 4.69) is 9.97 Å². The predicted molar refractivity (Wildman–Crippen MR) is 55.2 cm³/mol. The van der Waals surface area contributed by atoms with Crippen LogP contribution in [0.2, 0.25) is 0 Å². The molecule has 3 heteroatoms. The van der Waals surface area contributed by atoms with Crippen molar-refractivity contribution >= 4 is 0 Å².